The number of nitrogens with one attached hydrogen (secondary N) is 2. The molecule has 11 heteroatoms. The number of carbonyl (C=O) groups excluding carboxylic acids is 2. The van der Waals surface area contributed by atoms with Crippen molar-refractivity contribution in [2.24, 2.45) is 18.9 Å². The van der Waals surface area contributed by atoms with Gasteiger partial charge in [-0.1, -0.05) is 35.0 Å². The Morgan fingerprint density at radius 2 is 2.03 bits per heavy atom. The molecule has 0 saturated heterocycles. The topological polar surface area (TPSA) is 135 Å². The Labute approximate surface area is 200 Å². The van der Waals surface area contributed by atoms with Crippen LogP contribution in [0.3, 0.4) is 0 Å². The predicted octanol–water partition coefficient (Wildman–Crippen LogP) is 4.33. The van der Waals surface area contributed by atoms with Crippen LogP contribution in [-0.2, 0) is 16.6 Å². The third-order valence-electron chi connectivity index (χ3n) is 5.72. The highest BCUT2D eigenvalue weighted by Crippen LogP contribution is 2.34. The lowest BCUT2D eigenvalue weighted by atomic mass is 9.74. The van der Waals surface area contributed by atoms with Crippen LogP contribution in [0.25, 0.3) is 11.4 Å². The summed E-state index contributed by atoms with van der Waals surface area (Å²) >= 11 is 6.18. The molecule has 2 N–H and O–H groups in total. The molecule has 0 aliphatic heterocycles. The zero-order valence-corrected chi connectivity index (χ0v) is 19.3. The molecule has 34 heavy (non-hydrogen) atoms. The molecule has 0 radical (unpaired) electrons. The molecule has 1 saturated carbocycles. The summed E-state index contributed by atoms with van der Waals surface area (Å²) in [5.41, 5.74) is 1.97. The van der Waals surface area contributed by atoms with E-state index in [9.17, 15) is 9.59 Å². The van der Waals surface area contributed by atoms with Crippen molar-refractivity contribution < 1.29 is 14.3 Å². The monoisotopic (exact) mass is 479 g/mol. The third kappa shape index (κ3) is 4.84. The summed E-state index contributed by atoms with van der Waals surface area (Å²) < 4.78 is 6.86. The van der Waals surface area contributed by atoms with Crippen LogP contribution in [0, 0.1) is 23.2 Å². The van der Waals surface area contributed by atoms with Gasteiger partial charge in [-0.05, 0) is 38.0 Å². The molecule has 1 aromatic carbocycles. The zero-order valence-electron chi connectivity index (χ0n) is 18.5. The van der Waals surface area contributed by atoms with E-state index in [-0.39, 0.29) is 17.7 Å². The van der Waals surface area contributed by atoms with Crippen LogP contribution in [0.2, 0.25) is 5.02 Å². The molecule has 1 fully saturated rings. The molecule has 2 unspecified atom stereocenters. The van der Waals surface area contributed by atoms with E-state index < -0.39 is 12.2 Å². The number of hydrogen-bond acceptors (Lipinski definition) is 7. The molecule has 3 atom stereocenters. The number of pyridine rings is 1. The van der Waals surface area contributed by atoms with Crippen molar-refractivity contribution in [2.45, 2.75) is 25.9 Å². The van der Waals surface area contributed by atoms with Gasteiger partial charge in [-0.3, -0.25) is 15.1 Å². The zero-order chi connectivity index (χ0) is 24.2. The fraction of sp³-hybridized carbons (Fsp3) is 0.304. The summed E-state index contributed by atoms with van der Waals surface area (Å²) in [4.78, 5) is 29.2. The minimum Gasteiger partial charge on any atom is -0.441 e. The van der Waals surface area contributed by atoms with Gasteiger partial charge < -0.3 is 10.1 Å². The molecule has 1 aliphatic carbocycles. The van der Waals surface area contributed by atoms with Crippen molar-refractivity contribution in [2.75, 3.05) is 10.6 Å². The number of ether oxygens (including phenoxy) is 1. The summed E-state index contributed by atoms with van der Waals surface area (Å²) in [6.45, 7) is 1.72. The Balaban J connectivity index is 1.43. The van der Waals surface area contributed by atoms with Crippen LogP contribution in [0.5, 0.6) is 0 Å². The number of benzene rings is 1. The number of rotatable bonds is 6. The molecule has 1 aliphatic rings. The number of aryl methyl sites for hydroxylation is 1. The van der Waals surface area contributed by atoms with E-state index in [1.165, 1.54) is 10.9 Å². The lowest BCUT2D eigenvalue weighted by molar-refractivity contribution is -0.123. The van der Waals surface area contributed by atoms with Crippen LogP contribution in [0.4, 0.5) is 16.3 Å². The number of carbonyl (C=O) groups is 2. The maximum absolute atomic E-state index is 12.5. The molecule has 10 nitrogen and oxygen atoms in total. The fourth-order valence-electron chi connectivity index (χ4n) is 3.64. The second-order valence-corrected chi connectivity index (χ2v) is 8.35. The van der Waals surface area contributed by atoms with Crippen LogP contribution < -0.4 is 10.6 Å². The second kappa shape index (κ2) is 9.89. The molecular formula is C23H22ClN7O3. The fourth-order valence-corrected chi connectivity index (χ4v) is 3.93. The van der Waals surface area contributed by atoms with Gasteiger partial charge in [0.1, 0.15) is 6.10 Å². The SMILES string of the molecule is C[C@@H](OC(=O)Nc1c(-c2ccc(NC(=O)C3CCC3C#N)cn2)nnn1C)c1ccccc1Cl. The van der Waals surface area contributed by atoms with Crippen molar-refractivity contribution in [1.82, 2.24) is 20.0 Å². The molecule has 174 valence electrons. The molecular weight excluding hydrogens is 458 g/mol. The number of aromatic nitrogens is 4. The van der Waals surface area contributed by atoms with E-state index in [2.05, 4.69) is 32.0 Å². The van der Waals surface area contributed by atoms with Gasteiger partial charge in [0.2, 0.25) is 5.91 Å². The van der Waals surface area contributed by atoms with Crippen LogP contribution in [0.1, 0.15) is 31.4 Å². The number of nitriles is 1. The molecule has 4 rings (SSSR count). The summed E-state index contributed by atoms with van der Waals surface area (Å²) in [7, 11) is 1.63. The molecule has 0 bridgehead atoms. The largest absolute Gasteiger partial charge is 0.441 e. The Kier molecular flexibility index (Phi) is 6.75. The molecule has 2 heterocycles. The first kappa shape index (κ1) is 23.2. The van der Waals surface area contributed by atoms with Gasteiger partial charge in [-0.2, -0.15) is 5.26 Å². The average Bonchev–Trinajstić information content (AvgIpc) is 3.14. The van der Waals surface area contributed by atoms with E-state index in [0.29, 0.717) is 39.9 Å². The van der Waals surface area contributed by atoms with E-state index in [4.69, 9.17) is 21.6 Å². The molecule has 0 spiro atoms. The third-order valence-corrected chi connectivity index (χ3v) is 6.07. The number of halogens is 1. The van der Waals surface area contributed by atoms with Crippen LogP contribution >= 0.6 is 11.6 Å². The number of anilines is 2. The Morgan fingerprint density at radius 3 is 2.68 bits per heavy atom. The summed E-state index contributed by atoms with van der Waals surface area (Å²) in [6, 6.07) is 12.6. The first-order chi connectivity index (χ1) is 16.4. The number of nitrogens with zero attached hydrogens (tertiary/aromatic N) is 5. The summed E-state index contributed by atoms with van der Waals surface area (Å²) in [6.07, 6.45) is 1.67. The van der Waals surface area contributed by atoms with Gasteiger partial charge in [-0.25, -0.2) is 9.48 Å². The first-order valence-corrected chi connectivity index (χ1v) is 11.0. The second-order valence-electron chi connectivity index (χ2n) is 7.95. The Hall–Kier alpha value is -3.97. The highest BCUT2D eigenvalue weighted by Gasteiger charge is 2.36. The van der Waals surface area contributed by atoms with E-state index in [1.54, 1.807) is 44.3 Å². The maximum Gasteiger partial charge on any atom is 0.413 e. The Morgan fingerprint density at radius 1 is 1.24 bits per heavy atom. The van der Waals surface area contributed by atoms with Crippen molar-refractivity contribution in [3.63, 3.8) is 0 Å². The van der Waals surface area contributed by atoms with Gasteiger partial charge in [0.05, 0.1) is 35.5 Å². The lowest BCUT2D eigenvalue weighted by Gasteiger charge is -2.29. The van der Waals surface area contributed by atoms with Crippen LogP contribution in [0.15, 0.2) is 42.6 Å². The minimum absolute atomic E-state index is 0.190. The quantitative estimate of drug-likeness (QED) is 0.537. The standard InChI is InChI=1S/C23H22ClN7O3/c1-13(16-5-3-4-6-18(16)24)34-23(33)28-21-20(29-30-31(21)2)19-10-8-15(12-26-19)27-22(32)17-9-7-14(17)11-25/h3-6,8,10,12-14,17H,7,9H2,1-2H3,(H,27,32)(H,28,33)/t13-,14?,17?/m1/s1. The average molecular weight is 480 g/mol. The van der Waals surface area contributed by atoms with Gasteiger partial charge in [0.15, 0.2) is 11.5 Å². The summed E-state index contributed by atoms with van der Waals surface area (Å²) in [5, 5.41) is 23.0. The number of hydrogen-bond donors (Lipinski definition) is 2. The highest BCUT2D eigenvalue weighted by atomic mass is 35.5. The molecule has 3 aromatic rings. The molecule has 2 amide bonds. The maximum atomic E-state index is 12.5. The molecule has 2 aromatic heterocycles. The summed E-state index contributed by atoms with van der Waals surface area (Å²) in [5.74, 6) is -0.419. The van der Waals surface area contributed by atoms with Crippen molar-refractivity contribution in [3.8, 4) is 17.5 Å². The smallest absolute Gasteiger partial charge is 0.413 e. The first-order valence-electron chi connectivity index (χ1n) is 10.7. The van der Waals surface area contributed by atoms with Crippen molar-refractivity contribution in [1.29, 1.82) is 5.26 Å². The highest BCUT2D eigenvalue weighted by molar-refractivity contribution is 6.31. The van der Waals surface area contributed by atoms with Gasteiger partial charge in [-0.15, -0.1) is 5.10 Å². The van der Waals surface area contributed by atoms with Gasteiger partial charge >= 0.3 is 6.09 Å². The van der Waals surface area contributed by atoms with Crippen molar-refractivity contribution >= 4 is 35.1 Å². The van der Waals surface area contributed by atoms with E-state index >= 15 is 0 Å². The van der Waals surface area contributed by atoms with E-state index in [0.717, 1.165) is 6.42 Å². The number of amides is 2. The normalized spacial score (nSPS) is 17.7. The van der Waals surface area contributed by atoms with Crippen LogP contribution in [-0.4, -0.2) is 32.0 Å². The van der Waals surface area contributed by atoms with E-state index in [1.807, 2.05) is 6.07 Å². The van der Waals surface area contributed by atoms with Gasteiger partial charge in [0.25, 0.3) is 0 Å². The lowest BCUT2D eigenvalue weighted by Crippen LogP contribution is -2.35. The predicted molar refractivity (Wildman–Crippen MR) is 125 cm³/mol. The van der Waals surface area contributed by atoms with Gasteiger partial charge in [0, 0.05) is 17.6 Å². The Bertz CT molecular complexity index is 1250. The van der Waals surface area contributed by atoms with Crippen molar-refractivity contribution in [3.05, 3.63) is 53.2 Å². The minimum atomic E-state index is -0.699.